The van der Waals surface area contributed by atoms with Gasteiger partial charge in [-0.3, -0.25) is 0 Å². The van der Waals surface area contributed by atoms with E-state index >= 15 is 0 Å². The predicted molar refractivity (Wildman–Crippen MR) is 151 cm³/mol. The van der Waals surface area contributed by atoms with Gasteiger partial charge in [-0.15, -0.1) is 11.3 Å². The summed E-state index contributed by atoms with van der Waals surface area (Å²) in [5, 5.41) is 3.42. The summed E-state index contributed by atoms with van der Waals surface area (Å²) in [6.07, 6.45) is 5.31. The standard InChI is InChI=1S/C29H32N6S/c1-2-34-15-17-35(18-16-34)23-11-9-22(10-12-23)32-29-31-14-13-25(33-29)27-24-7-4-8-26(24)36-28(27)20-5-3-6-21(30)19-20/h3,5-6,9-14,19H,2,4,7-8,15-18,30H2,1H3,(H,31,32,33). The fraction of sp³-hybridized carbons (Fsp3) is 0.310. The maximum absolute atomic E-state index is 6.12. The number of nitrogens with zero attached hydrogens (tertiary/aromatic N) is 4. The number of piperazine rings is 1. The summed E-state index contributed by atoms with van der Waals surface area (Å²) < 4.78 is 0. The zero-order valence-corrected chi connectivity index (χ0v) is 21.5. The topological polar surface area (TPSA) is 70.3 Å². The van der Waals surface area contributed by atoms with Crippen molar-refractivity contribution < 1.29 is 0 Å². The molecule has 2 aromatic carbocycles. The smallest absolute Gasteiger partial charge is 0.227 e. The van der Waals surface area contributed by atoms with Crippen molar-refractivity contribution >= 4 is 34.3 Å². The van der Waals surface area contributed by atoms with Crippen molar-refractivity contribution in [1.29, 1.82) is 0 Å². The number of hydrogen-bond acceptors (Lipinski definition) is 7. The van der Waals surface area contributed by atoms with Crippen LogP contribution in [0.3, 0.4) is 0 Å². The van der Waals surface area contributed by atoms with Gasteiger partial charge in [-0.2, -0.15) is 0 Å². The van der Waals surface area contributed by atoms with Crippen LogP contribution in [0.5, 0.6) is 0 Å². The fourth-order valence-corrected chi connectivity index (χ4v) is 6.72. The SMILES string of the molecule is CCN1CCN(c2ccc(Nc3nccc(-c4c(-c5cccc(N)c5)sc5c4CCC5)n3)cc2)CC1. The minimum atomic E-state index is 0.619. The summed E-state index contributed by atoms with van der Waals surface area (Å²) in [5.41, 5.74) is 14.0. The Morgan fingerprint density at radius 2 is 1.83 bits per heavy atom. The average molecular weight is 497 g/mol. The molecule has 1 aliphatic heterocycles. The third-order valence-electron chi connectivity index (χ3n) is 7.29. The Balaban J connectivity index is 1.25. The van der Waals surface area contributed by atoms with Crippen LogP contribution in [0, 0.1) is 0 Å². The van der Waals surface area contributed by atoms with Crippen molar-refractivity contribution in [2.24, 2.45) is 0 Å². The third-order valence-corrected chi connectivity index (χ3v) is 8.63. The summed E-state index contributed by atoms with van der Waals surface area (Å²) in [7, 11) is 0. The molecule has 1 saturated heterocycles. The first-order chi connectivity index (χ1) is 17.7. The molecular formula is C29H32N6S. The number of anilines is 4. The quantitative estimate of drug-likeness (QED) is 0.327. The van der Waals surface area contributed by atoms with Gasteiger partial charge in [-0.1, -0.05) is 19.1 Å². The van der Waals surface area contributed by atoms with Crippen molar-refractivity contribution in [2.75, 3.05) is 48.7 Å². The second kappa shape index (κ2) is 9.91. The van der Waals surface area contributed by atoms with Gasteiger partial charge in [0.15, 0.2) is 0 Å². The first-order valence-corrected chi connectivity index (χ1v) is 13.7. The molecule has 6 rings (SSSR count). The van der Waals surface area contributed by atoms with Crippen LogP contribution in [0.4, 0.5) is 23.0 Å². The van der Waals surface area contributed by atoms with Crippen LogP contribution >= 0.6 is 11.3 Å². The molecule has 0 bridgehead atoms. The number of thiophene rings is 1. The first-order valence-electron chi connectivity index (χ1n) is 12.9. The van der Waals surface area contributed by atoms with E-state index in [9.17, 15) is 0 Å². The van der Waals surface area contributed by atoms with E-state index < -0.39 is 0 Å². The van der Waals surface area contributed by atoms with E-state index in [1.54, 1.807) is 0 Å². The molecule has 3 heterocycles. The van der Waals surface area contributed by atoms with Crippen molar-refractivity contribution in [3.8, 4) is 21.7 Å². The lowest BCUT2D eigenvalue weighted by atomic mass is 10.0. The Kier molecular flexibility index (Phi) is 6.34. The molecule has 3 N–H and O–H groups in total. The summed E-state index contributed by atoms with van der Waals surface area (Å²) >= 11 is 1.89. The van der Waals surface area contributed by atoms with Crippen molar-refractivity contribution in [1.82, 2.24) is 14.9 Å². The van der Waals surface area contributed by atoms with Crippen LogP contribution in [-0.2, 0) is 12.8 Å². The molecule has 6 nitrogen and oxygen atoms in total. The van der Waals surface area contributed by atoms with Crippen molar-refractivity contribution in [3.05, 3.63) is 71.2 Å². The number of rotatable bonds is 6. The molecule has 4 aromatic rings. The second-order valence-electron chi connectivity index (χ2n) is 9.55. The van der Waals surface area contributed by atoms with Crippen LogP contribution in [-0.4, -0.2) is 47.6 Å². The Morgan fingerprint density at radius 3 is 2.61 bits per heavy atom. The lowest BCUT2D eigenvalue weighted by Gasteiger charge is -2.35. The minimum absolute atomic E-state index is 0.619. The van der Waals surface area contributed by atoms with E-state index in [2.05, 4.69) is 63.4 Å². The highest BCUT2D eigenvalue weighted by Gasteiger charge is 2.25. The summed E-state index contributed by atoms with van der Waals surface area (Å²) in [5.74, 6) is 0.619. The molecule has 0 radical (unpaired) electrons. The van der Waals surface area contributed by atoms with Gasteiger partial charge in [0.25, 0.3) is 0 Å². The van der Waals surface area contributed by atoms with Crippen LogP contribution in [0.25, 0.3) is 21.7 Å². The van der Waals surface area contributed by atoms with Gasteiger partial charge >= 0.3 is 0 Å². The summed E-state index contributed by atoms with van der Waals surface area (Å²) in [6.45, 7) is 7.77. The van der Waals surface area contributed by atoms with Gasteiger partial charge in [-0.05, 0) is 79.4 Å². The highest BCUT2D eigenvalue weighted by molar-refractivity contribution is 7.16. The highest BCUT2D eigenvalue weighted by Crippen LogP contribution is 2.46. The number of nitrogens with two attached hydrogens (primary N) is 1. The van der Waals surface area contributed by atoms with Gasteiger partial charge in [-0.25, -0.2) is 9.97 Å². The Hall–Kier alpha value is -3.42. The first kappa shape index (κ1) is 23.0. The lowest BCUT2D eigenvalue weighted by molar-refractivity contribution is 0.271. The maximum Gasteiger partial charge on any atom is 0.227 e. The minimum Gasteiger partial charge on any atom is -0.399 e. The number of nitrogen functional groups attached to an aromatic ring is 1. The molecule has 2 aliphatic rings. The van der Waals surface area contributed by atoms with Gasteiger partial charge in [0.05, 0.1) is 5.69 Å². The number of fused-ring (bicyclic) bond motifs is 1. The summed E-state index contributed by atoms with van der Waals surface area (Å²) in [6, 6.07) is 18.8. The van der Waals surface area contributed by atoms with Crippen molar-refractivity contribution in [2.45, 2.75) is 26.2 Å². The van der Waals surface area contributed by atoms with E-state index in [1.165, 1.54) is 33.0 Å². The van der Waals surface area contributed by atoms with Gasteiger partial charge in [0.2, 0.25) is 5.95 Å². The molecule has 0 atom stereocenters. The second-order valence-corrected chi connectivity index (χ2v) is 10.7. The lowest BCUT2D eigenvalue weighted by Crippen LogP contribution is -2.46. The number of aryl methyl sites for hydroxylation is 1. The number of nitrogens with one attached hydrogen (secondary N) is 1. The van der Waals surface area contributed by atoms with Gasteiger partial charge < -0.3 is 20.9 Å². The zero-order valence-electron chi connectivity index (χ0n) is 20.7. The molecule has 0 saturated carbocycles. The molecule has 2 aromatic heterocycles. The Morgan fingerprint density at radius 1 is 1.00 bits per heavy atom. The molecular weight excluding hydrogens is 464 g/mol. The van der Waals surface area contributed by atoms with E-state index in [0.29, 0.717) is 5.95 Å². The normalized spacial score (nSPS) is 15.8. The molecule has 1 aliphatic carbocycles. The molecule has 36 heavy (non-hydrogen) atoms. The number of hydrogen-bond donors (Lipinski definition) is 2. The monoisotopic (exact) mass is 496 g/mol. The molecule has 7 heteroatoms. The van der Waals surface area contributed by atoms with Crippen LogP contribution in [0.15, 0.2) is 60.8 Å². The van der Waals surface area contributed by atoms with Gasteiger partial charge in [0, 0.05) is 64.8 Å². The largest absolute Gasteiger partial charge is 0.399 e. The van der Waals surface area contributed by atoms with E-state index in [1.807, 2.05) is 35.7 Å². The third kappa shape index (κ3) is 4.56. The Bertz CT molecular complexity index is 1350. The molecule has 1 fully saturated rings. The fourth-order valence-electron chi connectivity index (χ4n) is 5.32. The predicted octanol–water partition coefficient (Wildman–Crippen LogP) is 5.83. The molecule has 184 valence electrons. The Labute approximate surface area is 216 Å². The van der Waals surface area contributed by atoms with E-state index in [4.69, 9.17) is 10.7 Å². The van der Waals surface area contributed by atoms with Crippen LogP contribution < -0.4 is 16.0 Å². The van der Waals surface area contributed by atoms with Crippen molar-refractivity contribution in [3.63, 3.8) is 0 Å². The van der Waals surface area contributed by atoms with E-state index in [-0.39, 0.29) is 0 Å². The maximum atomic E-state index is 6.12. The van der Waals surface area contributed by atoms with E-state index in [0.717, 1.165) is 68.2 Å². The molecule has 0 spiro atoms. The summed E-state index contributed by atoms with van der Waals surface area (Å²) in [4.78, 5) is 17.2. The number of benzene rings is 2. The highest BCUT2D eigenvalue weighted by atomic mass is 32.1. The average Bonchev–Trinajstić information content (AvgIpc) is 3.51. The van der Waals surface area contributed by atoms with Crippen LogP contribution in [0.2, 0.25) is 0 Å². The number of likely N-dealkylation sites (N-methyl/N-ethyl adjacent to an activating group) is 1. The zero-order chi connectivity index (χ0) is 24.5. The van der Waals surface area contributed by atoms with Crippen LogP contribution in [0.1, 0.15) is 23.8 Å². The van der Waals surface area contributed by atoms with Gasteiger partial charge in [0.1, 0.15) is 0 Å². The molecule has 0 unspecified atom stereocenters. The number of aromatic nitrogens is 2. The molecule has 0 amide bonds.